The molecule has 0 bridgehead atoms. The van der Waals surface area contributed by atoms with Gasteiger partial charge in [0.2, 0.25) is 11.8 Å². The predicted octanol–water partition coefficient (Wildman–Crippen LogP) is 1.19. The van der Waals surface area contributed by atoms with Crippen molar-refractivity contribution in [2.75, 3.05) is 28.2 Å². The van der Waals surface area contributed by atoms with Crippen molar-refractivity contribution in [3.63, 3.8) is 0 Å². The average molecular weight is 274 g/mol. The standard InChI is InChI=1S/C16H22N2O2/c1-17(2)15(19)13-9-11-7-5-6-8-12(11)10-14(13)16(20)18(3)4/h5-8,13-14H,9-10H2,1-4H3/t13-,14-/m0/s1. The predicted molar refractivity (Wildman–Crippen MR) is 78.2 cm³/mol. The fraction of sp³-hybridized carbons (Fsp3) is 0.500. The van der Waals surface area contributed by atoms with E-state index in [9.17, 15) is 9.59 Å². The molecular formula is C16H22N2O2. The highest BCUT2D eigenvalue weighted by Gasteiger charge is 2.39. The summed E-state index contributed by atoms with van der Waals surface area (Å²) in [4.78, 5) is 28.0. The molecule has 0 N–H and O–H groups in total. The van der Waals surface area contributed by atoms with Gasteiger partial charge in [-0.2, -0.15) is 0 Å². The third kappa shape index (κ3) is 2.69. The molecule has 1 aliphatic rings. The lowest BCUT2D eigenvalue weighted by Gasteiger charge is -2.34. The van der Waals surface area contributed by atoms with Gasteiger partial charge in [0.05, 0.1) is 11.8 Å². The fourth-order valence-corrected chi connectivity index (χ4v) is 2.90. The van der Waals surface area contributed by atoms with Gasteiger partial charge in [0, 0.05) is 28.2 Å². The molecule has 4 nitrogen and oxygen atoms in total. The maximum absolute atomic E-state index is 12.4. The van der Waals surface area contributed by atoms with Crippen molar-refractivity contribution < 1.29 is 9.59 Å². The number of hydrogen-bond acceptors (Lipinski definition) is 2. The molecule has 0 unspecified atom stereocenters. The minimum absolute atomic E-state index is 0.0414. The number of rotatable bonds is 2. The van der Waals surface area contributed by atoms with Gasteiger partial charge in [-0.05, 0) is 24.0 Å². The lowest BCUT2D eigenvalue weighted by atomic mass is 9.74. The minimum Gasteiger partial charge on any atom is -0.349 e. The molecule has 2 rings (SSSR count). The molecule has 2 amide bonds. The molecule has 0 aliphatic heterocycles. The number of fused-ring (bicyclic) bond motifs is 1. The number of benzene rings is 1. The first-order chi connectivity index (χ1) is 9.41. The van der Waals surface area contributed by atoms with Gasteiger partial charge in [0.15, 0.2) is 0 Å². The Bertz CT molecular complexity index is 476. The van der Waals surface area contributed by atoms with Crippen LogP contribution in [-0.4, -0.2) is 49.8 Å². The first kappa shape index (κ1) is 14.6. The lowest BCUT2D eigenvalue weighted by Crippen LogP contribution is -2.45. The topological polar surface area (TPSA) is 40.6 Å². The van der Waals surface area contributed by atoms with Crippen LogP contribution in [-0.2, 0) is 22.4 Å². The van der Waals surface area contributed by atoms with Crippen molar-refractivity contribution in [3.05, 3.63) is 35.4 Å². The third-order valence-corrected chi connectivity index (χ3v) is 4.00. The summed E-state index contributed by atoms with van der Waals surface area (Å²) < 4.78 is 0. The van der Waals surface area contributed by atoms with Crippen LogP contribution >= 0.6 is 0 Å². The molecule has 0 saturated carbocycles. The van der Waals surface area contributed by atoms with Crippen LogP contribution in [0.5, 0.6) is 0 Å². The van der Waals surface area contributed by atoms with E-state index < -0.39 is 0 Å². The first-order valence-electron chi connectivity index (χ1n) is 6.91. The van der Waals surface area contributed by atoms with Crippen LogP contribution in [0.2, 0.25) is 0 Å². The normalized spacial score (nSPS) is 21.0. The highest BCUT2D eigenvalue weighted by atomic mass is 16.2. The van der Waals surface area contributed by atoms with Gasteiger partial charge in [-0.15, -0.1) is 0 Å². The third-order valence-electron chi connectivity index (χ3n) is 4.00. The fourth-order valence-electron chi connectivity index (χ4n) is 2.90. The summed E-state index contributed by atoms with van der Waals surface area (Å²) in [6.45, 7) is 0. The van der Waals surface area contributed by atoms with E-state index in [1.807, 2.05) is 12.1 Å². The Morgan fingerprint density at radius 2 is 1.20 bits per heavy atom. The molecule has 0 saturated heterocycles. The molecule has 1 aromatic carbocycles. The van der Waals surface area contributed by atoms with E-state index in [4.69, 9.17) is 0 Å². The SMILES string of the molecule is CN(C)C(=O)[C@H]1Cc2ccccc2C[C@@H]1C(=O)N(C)C. The number of nitrogens with zero attached hydrogens (tertiary/aromatic N) is 2. The Kier molecular flexibility index (Phi) is 4.12. The Morgan fingerprint density at radius 1 is 0.850 bits per heavy atom. The largest absolute Gasteiger partial charge is 0.349 e. The second-order valence-electron chi connectivity index (χ2n) is 5.86. The quantitative estimate of drug-likeness (QED) is 0.813. The Morgan fingerprint density at radius 3 is 1.50 bits per heavy atom. The molecule has 2 atom stereocenters. The summed E-state index contributed by atoms with van der Waals surface area (Å²) in [5.74, 6) is -0.427. The molecular weight excluding hydrogens is 252 g/mol. The van der Waals surface area contributed by atoms with Crippen LogP contribution in [0.4, 0.5) is 0 Å². The van der Waals surface area contributed by atoms with Crippen molar-refractivity contribution in [1.82, 2.24) is 9.80 Å². The van der Waals surface area contributed by atoms with Crippen molar-refractivity contribution in [2.45, 2.75) is 12.8 Å². The molecule has 1 aromatic rings. The van der Waals surface area contributed by atoms with E-state index in [0.717, 1.165) is 0 Å². The van der Waals surface area contributed by atoms with E-state index in [1.165, 1.54) is 11.1 Å². The van der Waals surface area contributed by atoms with Gasteiger partial charge >= 0.3 is 0 Å². The summed E-state index contributed by atoms with van der Waals surface area (Å²) in [6, 6.07) is 8.09. The van der Waals surface area contributed by atoms with E-state index in [1.54, 1.807) is 38.0 Å². The molecule has 108 valence electrons. The molecule has 0 radical (unpaired) electrons. The summed E-state index contributed by atoms with van der Waals surface area (Å²) in [5.41, 5.74) is 2.38. The first-order valence-corrected chi connectivity index (χ1v) is 6.91. The number of hydrogen-bond donors (Lipinski definition) is 0. The second kappa shape index (κ2) is 5.65. The van der Waals surface area contributed by atoms with E-state index in [-0.39, 0.29) is 23.7 Å². The smallest absolute Gasteiger partial charge is 0.226 e. The van der Waals surface area contributed by atoms with Crippen molar-refractivity contribution in [1.29, 1.82) is 0 Å². The molecule has 0 heterocycles. The Hall–Kier alpha value is -1.84. The molecule has 0 fully saturated rings. The van der Waals surface area contributed by atoms with Crippen LogP contribution < -0.4 is 0 Å². The molecule has 0 spiro atoms. The summed E-state index contributed by atoms with van der Waals surface area (Å²) in [5, 5.41) is 0. The summed E-state index contributed by atoms with van der Waals surface area (Å²) in [7, 11) is 7.00. The zero-order valence-electron chi connectivity index (χ0n) is 12.6. The van der Waals surface area contributed by atoms with Crippen LogP contribution in [0.25, 0.3) is 0 Å². The average Bonchev–Trinajstić information content (AvgIpc) is 2.44. The maximum Gasteiger partial charge on any atom is 0.226 e. The van der Waals surface area contributed by atoms with E-state index in [0.29, 0.717) is 12.8 Å². The van der Waals surface area contributed by atoms with Crippen molar-refractivity contribution in [2.24, 2.45) is 11.8 Å². The Labute approximate surface area is 120 Å². The lowest BCUT2D eigenvalue weighted by molar-refractivity contribution is -0.144. The van der Waals surface area contributed by atoms with E-state index >= 15 is 0 Å². The maximum atomic E-state index is 12.4. The van der Waals surface area contributed by atoms with Crippen LogP contribution in [0.15, 0.2) is 24.3 Å². The van der Waals surface area contributed by atoms with Gasteiger partial charge in [0.1, 0.15) is 0 Å². The molecule has 0 aromatic heterocycles. The van der Waals surface area contributed by atoms with Gasteiger partial charge in [-0.3, -0.25) is 9.59 Å². The van der Waals surface area contributed by atoms with Gasteiger partial charge in [0.25, 0.3) is 0 Å². The van der Waals surface area contributed by atoms with Crippen molar-refractivity contribution >= 4 is 11.8 Å². The number of carbonyl (C=O) groups excluding carboxylic acids is 2. The monoisotopic (exact) mass is 274 g/mol. The highest BCUT2D eigenvalue weighted by Crippen LogP contribution is 2.32. The summed E-state index contributed by atoms with van der Waals surface area (Å²) >= 11 is 0. The Balaban J connectivity index is 2.36. The van der Waals surface area contributed by atoms with Crippen LogP contribution in [0.3, 0.4) is 0 Å². The zero-order chi connectivity index (χ0) is 14.9. The van der Waals surface area contributed by atoms with Crippen molar-refractivity contribution in [3.8, 4) is 0 Å². The highest BCUT2D eigenvalue weighted by molar-refractivity contribution is 5.88. The van der Waals surface area contributed by atoms with Gasteiger partial charge in [-0.25, -0.2) is 0 Å². The molecule has 4 heteroatoms. The van der Waals surface area contributed by atoms with Gasteiger partial charge < -0.3 is 9.80 Å². The van der Waals surface area contributed by atoms with Crippen LogP contribution in [0.1, 0.15) is 11.1 Å². The van der Waals surface area contributed by atoms with Crippen LogP contribution in [0, 0.1) is 11.8 Å². The molecule has 1 aliphatic carbocycles. The minimum atomic E-state index is -0.255. The number of carbonyl (C=O) groups is 2. The zero-order valence-corrected chi connectivity index (χ0v) is 12.6. The molecule has 20 heavy (non-hydrogen) atoms. The van der Waals surface area contributed by atoms with Gasteiger partial charge in [-0.1, -0.05) is 24.3 Å². The second-order valence-corrected chi connectivity index (χ2v) is 5.86. The van der Waals surface area contributed by atoms with E-state index in [2.05, 4.69) is 12.1 Å². The summed E-state index contributed by atoms with van der Waals surface area (Å²) in [6.07, 6.45) is 1.30. The number of amides is 2.